The van der Waals surface area contributed by atoms with E-state index in [1.165, 1.54) is 5.56 Å². The average molecular weight is 437 g/mol. The molecule has 0 bridgehead atoms. The van der Waals surface area contributed by atoms with E-state index in [-0.39, 0.29) is 11.1 Å². The van der Waals surface area contributed by atoms with Crippen LogP contribution in [0.5, 0.6) is 0 Å². The molecule has 0 saturated carbocycles. The predicted octanol–water partition coefficient (Wildman–Crippen LogP) is 3.43. The predicted molar refractivity (Wildman–Crippen MR) is 123 cm³/mol. The number of anilines is 2. The summed E-state index contributed by atoms with van der Waals surface area (Å²) in [6.07, 6.45) is 2.24. The molecule has 0 spiro atoms. The minimum atomic E-state index is -0.126. The molecule has 3 aromatic rings. The first-order chi connectivity index (χ1) is 14.9. The molecule has 31 heavy (non-hydrogen) atoms. The van der Waals surface area contributed by atoms with Crippen molar-refractivity contribution >= 4 is 29.3 Å². The van der Waals surface area contributed by atoms with Crippen LogP contribution in [0.2, 0.25) is 5.15 Å². The van der Waals surface area contributed by atoms with Gasteiger partial charge >= 0.3 is 0 Å². The monoisotopic (exact) mass is 436 g/mol. The molecule has 0 aliphatic carbocycles. The molecule has 2 aromatic heterocycles. The fraction of sp³-hybridized carbons (Fsp3) is 0.304. The Balaban J connectivity index is 1.61. The number of aromatic nitrogens is 3. The zero-order chi connectivity index (χ0) is 22.0. The van der Waals surface area contributed by atoms with Crippen LogP contribution in [0.3, 0.4) is 0 Å². The van der Waals surface area contributed by atoms with E-state index in [4.69, 9.17) is 21.6 Å². The Hall–Kier alpha value is -3.19. The van der Waals surface area contributed by atoms with Gasteiger partial charge in [0, 0.05) is 52.4 Å². The van der Waals surface area contributed by atoms with Gasteiger partial charge in [0.15, 0.2) is 0 Å². The molecular weight excluding hydrogens is 412 g/mol. The Morgan fingerprint density at radius 3 is 2.58 bits per heavy atom. The van der Waals surface area contributed by atoms with E-state index in [2.05, 4.69) is 22.0 Å². The topological polar surface area (TPSA) is 65.5 Å². The van der Waals surface area contributed by atoms with Crippen molar-refractivity contribution in [1.29, 1.82) is 0 Å². The van der Waals surface area contributed by atoms with E-state index in [1.54, 1.807) is 23.2 Å². The Bertz CT molecular complexity index is 1090. The number of halogens is 1. The lowest BCUT2D eigenvalue weighted by Gasteiger charge is -2.32. The largest absolute Gasteiger partial charge is 0.362 e. The van der Waals surface area contributed by atoms with Crippen molar-refractivity contribution in [2.24, 2.45) is 0 Å². The summed E-state index contributed by atoms with van der Waals surface area (Å²) < 4.78 is 0. The Morgan fingerprint density at radius 2 is 1.87 bits per heavy atom. The van der Waals surface area contributed by atoms with E-state index in [9.17, 15) is 4.79 Å². The third kappa shape index (κ3) is 4.46. The zero-order valence-corrected chi connectivity index (χ0v) is 18.7. The van der Waals surface area contributed by atoms with Crippen molar-refractivity contribution in [1.82, 2.24) is 19.9 Å². The third-order valence-electron chi connectivity index (χ3n) is 5.33. The number of nitrogens with zero attached hydrogens (tertiary/aromatic N) is 6. The molecule has 1 aromatic carbocycles. The molecule has 0 saturated heterocycles. The first-order valence-electron chi connectivity index (χ1n) is 10.2. The van der Waals surface area contributed by atoms with Crippen LogP contribution in [0.25, 0.3) is 0 Å². The molecule has 4 rings (SSSR count). The summed E-state index contributed by atoms with van der Waals surface area (Å²) in [5, 5.41) is 0.222. The van der Waals surface area contributed by atoms with E-state index in [0.29, 0.717) is 31.0 Å². The van der Waals surface area contributed by atoms with Crippen LogP contribution in [-0.4, -0.2) is 53.4 Å². The maximum Gasteiger partial charge on any atom is 0.257 e. The molecule has 0 N–H and O–H groups in total. The highest BCUT2D eigenvalue weighted by molar-refractivity contribution is 6.32. The number of fused-ring (bicyclic) bond motifs is 1. The van der Waals surface area contributed by atoms with Gasteiger partial charge in [-0.1, -0.05) is 41.9 Å². The van der Waals surface area contributed by atoms with Crippen LogP contribution in [0.4, 0.5) is 11.8 Å². The fourth-order valence-electron chi connectivity index (χ4n) is 3.74. The molecule has 8 heteroatoms. The number of hydrogen-bond acceptors (Lipinski definition) is 6. The van der Waals surface area contributed by atoms with Gasteiger partial charge in [0.1, 0.15) is 11.0 Å². The normalized spacial score (nSPS) is 13.0. The van der Waals surface area contributed by atoms with Gasteiger partial charge in [0.2, 0.25) is 5.95 Å². The fourth-order valence-corrected chi connectivity index (χ4v) is 3.94. The smallest absolute Gasteiger partial charge is 0.257 e. The van der Waals surface area contributed by atoms with Crippen LogP contribution >= 0.6 is 11.6 Å². The van der Waals surface area contributed by atoms with Crippen molar-refractivity contribution < 1.29 is 4.79 Å². The van der Waals surface area contributed by atoms with Gasteiger partial charge in [0.05, 0.1) is 17.8 Å². The first kappa shape index (κ1) is 21.1. The second-order valence-electron chi connectivity index (χ2n) is 7.83. The highest BCUT2D eigenvalue weighted by Crippen LogP contribution is 2.29. The molecule has 0 atom stereocenters. The van der Waals surface area contributed by atoms with Gasteiger partial charge in [-0.05, 0) is 17.7 Å². The molecule has 3 heterocycles. The Morgan fingerprint density at radius 1 is 1.10 bits per heavy atom. The van der Waals surface area contributed by atoms with Crippen LogP contribution in [0.1, 0.15) is 27.2 Å². The summed E-state index contributed by atoms with van der Waals surface area (Å²) in [5.74, 6) is 1.38. The molecule has 0 fully saturated rings. The first-order valence-corrected chi connectivity index (χ1v) is 10.5. The SMILES string of the molecule is CN(C)c1nc(N(C)Cc2ccccc2)nc2c1CN(C(=O)c1cccnc1Cl)CC2. The minimum Gasteiger partial charge on any atom is -0.362 e. The van der Waals surface area contributed by atoms with Gasteiger partial charge in [-0.3, -0.25) is 4.79 Å². The van der Waals surface area contributed by atoms with Crippen molar-refractivity contribution in [3.63, 3.8) is 0 Å². The quantitative estimate of drug-likeness (QED) is 0.571. The minimum absolute atomic E-state index is 0.126. The molecule has 0 radical (unpaired) electrons. The second-order valence-corrected chi connectivity index (χ2v) is 8.19. The number of carbonyl (C=O) groups excluding carboxylic acids is 1. The molecule has 1 aliphatic rings. The van der Waals surface area contributed by atoms with Crippen molar-refractivity contribution in [3.05, 3.63) is 76.2 Å². The number of rotatable bonds is 5. The van der Waals surface area contributed by atoms with Crippen LogP contribution in [0.15, 0.2) is 48.7 Å². The van der Waals surface area contributed by atoms with Crippen molar-refractivity contribution in [2.45, 2.75) is 19.5 Å². The summed E-state index contributed by atoms with van der Waals surface area (Å²) >= 11 is 6.15. The maximum atomic E-state index is 13.0. The van der Waals surface area contributed by atoms with Crippen molar-refractivity contribution in [2.75, 3.05) is 37.5 Å². The number of hydrogen-bond donors (Lipinski definition) is 0. The molecule has 1 amide bonds. The molecule has 160 valence electrons. The van der Waals surface area contributed by atoms with Gasteiger partial charge < -0.3 is 14.7 Å². The highest BCUT2D eigenvalue weighted by Gasteiger charge is 2.28. The Kier molecular flexibility index (Phi) is 6.04. The lowest BCUT2D eigenvalue weighted by atomic mass is 10.0. The molecular formula is C23H25ClN6O. The molecule has 1 aliphatic heterocycles. The van der Waals surface area contributed by atoms with E-state index >= 15 is 0 Å². The maximum absolute atomic E-state index is 13.0. The summed E-state index contributed by atoms with van der Waals surface area (Å²) in [6.45, 7) is 1.73. The Labute approximate surface area is 187 Å². The highest BCUT2D eigenvalue weighted by atomic mass is 35.5. The van der Waals surface area contributed by atoms with Gasteiger partial charge in [-0.2, -0.15) is 4.98 Å². The van der Waals surface area contributed by atoms with E-state index < -0.39 is 0 Å². The zero-order valence-electron chi connectivity index (χ0n) is 17.9. The lowest BCUT2D eigenvalue weighted by molar-refractivity contribution is 0.0733. The van der Waals surface area contributed by atoms with E-state index in [0.717, 1.165) is 23.6 Å². The van der Waals surface area contributed by atoms with Gasteiger partial charge in [-0.15, -0.1) is 0 Å². The summed E-state index contributed by atoms with van der Waals surface area (Å²) in [5.41, 5.74) is 3.57. The second kappa shape index (κ2) is 8.89. The van der Waals surface area contributed by atoms with Crippen LogP contribution in [0, 0.1) is 0 Å². The molecule has 7 nitrogen and oxygen atoms in total. The number of pyridine rings is 1. The van der Waals surface area contributed by atoms with Crippen LogP contribution in [-0.2, 0) is 19.5 Å². The number of amides is 1. The number of carbonyl (C=O) groups is 1. The van der Waals surface area contributed by atoms with Crippen molar-refractivity contribution in [3.8, 4) is 0 Å². The summed E-state index contributed by atoms with van der Waals surface area (Å²) in [6, 6.07) is 13.7. The summed E-state index contributed by atoms with van der Waals surface area (Å²) in [7, 11) is 5.92. The molecule has 0 unspecified atom stereocenters. The third-order valence-corrected chi connectivity index (χ3v) is 5.63. The van der Waals surface area contributed by atoms with Crippen LogP contribution < -0.4 is 9.80 Å². The average Bonchev–Trinajstić information content (AvgIpc) is 2.78. The number of benzene rings is 1. The van der Waals surface area contributed by atoms with Gasteiger partial charge in [0.25, 0.3) is 5.91 Å². The van der Waals surface area contributed by atoms with Gasteiger partial charge in [-0.25, -0.2) is 9.97 Å². The van der Waals surface area contributed by atoms with E-state index in [1.807, 2.05) is 44.2 Å². The lowest BCUT2D eigenvalue weighted by Crippen LogP contribution is -2.38. The summed E-state index contributed by atoms with van der Waals surface area (Å²) in [4.78, 5) is 32.6. The standard InChI is InChI=1S/C23H25ClN6O/c1-28(2)21-18-15-30(22(31)17-10-7-12-25-20(17)24)13-11-19(18)26-23(27-21)29(3)14-16-8-5-4-6-9-16/h4-10,12H,11,13-15H2,1-3H3.